The lowest BCUT2D eigenvalue weighted by Crippen LogP contribution is -2.15. The maximum absolute atomic E-state index is 13.7. The molecule has 0 spiro atoms. The van der Waals surface area contributed by atoms with Crippen molar-refractivity contribution < 1.29 is 28.5 Å². The first-order valence-electron chi connectivity index (χ1n) is 18.3. The number of carboxylic acids is 1. The number of fused-ring (bicyclic) bond motifs is 1. The molecule has 1 heterocycles. The summed E-state index contributed by atoms with van der Waals surface area (Å²) in [7, 11) is 1.53. The van der Waals surface area contributed by atoms with Crippen molar-refractivity contribution in [1.82, 2.24) is 0 Å². The summed E-state index contributed by atoms with van der Waals surface area (Å²) in [4.78, 5) is 25.6. The summed E-state index contributed by atoms with van der Waals surface area (Å²) in [6, 6.07) is 30.5. The highest BCUT2D eigenvalue weighted by Gasteiger charge is 2.20. The fraction of sp³-hybridized carbons (Fsp3) is 0.333. The number of carboxylic acid groups (broad SMARTS) is 1. The van der Waals surface area contributed by atoms with Gasteiger partial charge >= 0.3 is 5.97 Å². The number of unbranched alkanes of at least 4 members (excludes halogenated alkanes) is 9. The van der Waals surface area contributed by atoms with Gasteiger partial charge in [0.25, 0.3) is 0 Å². The first kappa shape index (κ1) is 37.9. The Bertz CT molecular complexity index is 1990. The Hall–Kier alpha value is -5.32. The largest absolute Gasteiger partial charge is 0.493 e. The Kier molecular flexibility index (Phi) is 15.0. The molecule has 0 saturated carbocycles. The van der Waals surface area contributed by atoms with Crippen molar-refractivity contribution in [2.24, 2.45) is 0 Å². The summed E-state index contributed by atoms with van der Waals surface area (Å²) in [5.74, 6) is 6.44. The van der Waals surface area contributed by atoms with Crippen LogP contribution in [-0.4, -0.2) is 24.8 Å². The standard InChI is InChI=1S/C45H48O7/c1-49-42-30-37(25-27-41(42)51-33-36-22-16-12-17-23-36)45-39(31-43(46)47)44(48)38-29-34(24-26-40(38)52-45)19-13-9-7-5-3-2-4-6-8-10-18-28-50-32-35-20-14-11-15-21-35/h11-12,14-17,20-27,29-30H,2-10,18,28,31-33H2,1H3,(H,46,47). The summed E-state index contributed by atoms with van der Waals surface area (Å²) < 4.78 is 23.5. The molecule has 0 saturated heterocycles. The molecule has 52 heavy (non-hydrogen) atoms. The molecule has 0 radical (unpaired) electrons. The van der Waals surface area contributed by atoms with E-state index in [0.29, 0.717) is 46.8 Å². The Labute approximate surface area is 306 Å². The van der Waals surface area contributed by atoms with Gasteiger partial charge in [-0.25, -0.2) is 0 Å². The Balaban J connectivity index is 1.10. The van der Waals surface area contributed by atoms with Crippen molar-refractivity contribution in [1.29, 1.82) is 0 Å². The van der Waals surface area contributed by atoms with Crippen LogP contribution in [0.2, 0.25) is 0 Å². The molecule has 0 aliphatic carbocycles. The van der Waals surface area contributed by atoms with E-state index in [0.717, 1.165) is 37.9 Å². The lowest BCUT2D eigenvalue weighted by molar-refractivity contribution is -0.136. The van der Waals surface area contributed by atoms with Crippen molar-refractivity contribution in [3.8, 4) is 34.7 Å². The minimum absolute atomic E-state index is 0.0676. The second-order valence-electron chi connectivity index (χ2n) is 12.9. The van der Waals surface area contributed by atoms with Crippen LogP contribution in [0.5, 0.6) is 11.5 Å². The van der Waals surface area contributed by atoms with Crippen LogP contribution < -0.4 is 14.9 Å². The fourth-order valence-corrected chi connectivity index (χ4v) is 6.10. The first-order chi connectivity index (χ1) is 25.5. The Morgan fingerprint density at radius 2 is 1.38 bits per heavy atom. The summed E-state index contributed by atoms with van der Waals surface area (Å²) in [5.41, 5.74) is 3.49. The summed E-state index contributed by atoms with van der Waals surface area (Å²) >= 11 is 0. The number of hydrogen-bond acceptors (Lipinski definition) is 6. The molecule has 0 atom stereocenters. The van der Waals surface area contributed by atoms with Gasteiger partial charge in [0, 0.05) is 24.2 Å². The minimum atomic E-state index is -1.13. The third kappa shape index (κ3) is 11.6. The number of methoxy groups -OCH3 is 1. The van der Waals surface area contributed by atoms with Crippen LogP contribution in [0.1, 0.15) is 86.5 Å². The number of hydrogen-bond donors (Lipinski definition) is 1. The molecule has 0 aliphatic rings. The zero-order chi connectivity index (χ0) is 36.4. The predicted octanol–water partition coefficient (Wildman–Crippen LogP) is 10.1. The average molecular weight is 701 g/mol. The monoisotopic (exact) mass is 700 g/mol. The third-order valence-electron chi connectivity index (χ3n) is 8.91. The molecule has 0 amide bonds. The second kappa shape index (κ2) is 20.5. The number of aliphatic carboxylic acids is 1. The topological polar surface area (TPSA) is 95.2 Å². The molecule has 0 bridgehead atoms. The number of rotatable bonds is 20. The van der Waals surface area contributed by atoms with Crippen LogP contribution in [0.15, 0.2) is 106 Å². The molecule has 5 aromatic rings. The van der Waals surface area contributed by atoms with Crippen LogP contribution in [0.25, 0.3) is 22.3 Å². The second-order valence-corrected chi connectivity index (χ2v) is 12.9. The molecule has 7 heteroatoms. The van der Waals surface area contributed by atoms with Gasteiger partial charge in [0.1, 0.15) is 18.0 Å². The van der Waals surface area contributed by atoms with E-state index in [2.05, 4.69) is 24.0 Å². The predicted molar refractivity (Wildman–Crippen MR) is 206 cm³/mol. The van der Waals surface area contributed by atoms with Gasteiger partial charge in [-0.3, -0.25) is 9.59 Å². The highest BCUT2D eigenvalue weighted by Crippen LogP contribution is 2.35. The fourth-order valence-electron chi connectivity index (χ4n) is 6.10. The maximum Gasteiger partial charge on any atom is 0.308 e. The van der Waals surface area contributed by atoms with Gasteiger partial charge in [-0.15, -0.1) is 0 Å². The Morgan fingerprint density at radius 1 is 0.731 bits per heavy atom. The molecule has 4 aromatic carbocycles. The van der Waals surface area contributed by atoms with Gasteiger partial charge in [0.15, 0.2) is 16.9 Å². The molecule has 270 valence electrons. The van der Waals surface area contributed by atoms with Crippen LogP contribution in [-0.2, 0) is 29.2 Å². The molecule has 1 aromatic heterocycles. The minimum Gasteiger partial charge on any atom is -0.493 e. The van der Waals surface area contributed by atoms with Crippen molar-refractivity contribution in [2.75, 3.05) is 13.7 Å². The van der Waals surface area contributed by atoms with Gasteiger partial charge in [0.05, 0.1) is 31.1 Å². The molecular formula is C45H48O7. The van der Waals surface area contributed by atoms with E-state index < -0.39 is 12.4 Å². The quantitative estimate of drug-likeness (QED) is 0.0638. The molecule has 7 nitrogen and oxygen atoms in total. The summed E-state index contributed by atoms with van der Waals surface area (Å²) in [6.45, 7) is 1.87. The van der Waals surface area contributed by atoms with Crippen molar-refractivity contribution in [3.63, 3.8) is 0 Å². The first-order valence-corrected chi connectivity index (χ1v) is 18.3. The van der Waals surface area contributed by atoms with E-state index in [-0.39, 0.29) is 16.8 Å². The SMILES string of the molecule is COc1cc(-c2oc3ccc(C#CCCCCCCCCCCCOCc4ccccc4)cc3c(=O)c2CC(=O)O)ccc1OCc1ccccc1. The molecule has 0 aliphatic heterocycles. The highest BCUT2D eigenvalue weighted by molar-refractivity contribution is 5.84. The van der Waals surface area contributed by atoms with Crippen molar-refractivity contribution in [3.05, 3.63) is 130 Å². The highest BCUT2D eigenvalue weighted by atomic mass is 16.5. The smallest absolute Gasteiger partial charge is 0.308 e. The average Bonchev–Trinajstić information content (AvgIpc) is 3.17. The van der Waals surface area contributed by atoms with Crippen LogP contribution in [0.3, 0.4) is 0 Å². The van der Waals surface area contributed by atoms with E-state index in [4.69, 9.17) is 18.6 Å². The van der Waals surface area contributed by atoms with Gasteiger partial charge < -0.3 is 23.7 Å². The summed E-state index contributed by atoms with van der Waals surface area (Å²) in [6.07, 6.45) is 11.1. The molecule has 5 rings (SSSR count). The third-order valence-corrected chi connectivity index (χ3v) is 8.91. The van der Waals surface area contributed by atoms with Crippen LogP contribution >= 0.6 is 0 Å². The van der Waals surface area contributed by atoms with Gasteiger partial charge in [-0.05, 0) is 60.4 Å². The van der Waals surface area contributed by atoms with Gasteiger partial charge in [-0.2, -0.15) is 0 Å². The number of benzene rings is 4. The summed E-state index contributed by atoms with van der Waals surface area (Å²) in [5, 5.41) is 9.99. The normalized spacial score (nSPS) is 10.9. The lowest BCUT2D eigenvalue weighted by Gasteiger charge is -2.14. The zero-order valence-electron chi connectivity index (χ0n) is 30.0. The van der Waals surface area contributed by atoms with E-state index >= 15 is 0 Å². The van der Waals surface area contributed by atoms with E-state index in [1.807, 2.05) is 54.6 Å². The van der Waals surface area contributed by atoms with Crippen LogP contribution in [0, 0.1) is 11.8 Å². The molecule has 0 fully saturated rings. The number of ether oxygens (including phenoxy) is 3. The van der Waals surface area contributed by atoms with Crippen LogP contribution in [0.4, 0.5) is 0 Å². The maximum atomic E-state index is 13.7. The zero-order valence-corrected chi connectivity index (χ0v) is 30.0. The van der Waals surface area contributed by atoms with Gasteiger partial charge in [0.2, 0.25) is 0 Å². The van der Waals surface area contributed by atoms with E-state index in [9.17, 15) is 14.7 Å². The Morgan fingerprint density at radius 3 is 2.06 bits per heavy atom. The molecule has 0 unspecified atom stereocenters. The number of carbonyl (C=O) groups is 1. The lowest BCUT2D eigenvalue weighted by atomic mass is 10.0. The molecule has 1 N–H and O–H groups in total. The van der Waals surface area contributed by atoms with Gasteiger partial charge in [-0.1, -0.05) is 117 Å². The van der Waals surface area contributed by atoms with E-state index in [1.54, 1.807) is 30.3 Å². The van der Waals surface area contributed by atoms with Crippen molar-refractivity contribution >= 4 is 16.9 Å². The van der Waals surface area contributed by atoms with E-state index in [1.165, 1.54) is 51.2 Å². The van der Waals surface area contributed by atoms with Crippen molar-refractivity contribution in [2.45, 2.75) is 83.8 Å². The molecular weight excluding hydrogens is 652 g/mol.